The zero-order valence-corrected chi connectivity index (χ0v) is 11.3. The van der Waals surface area contributed by atoms with E-state index in [-0.39, 0.29) is 34.9 Å². The van der Waals surface area contributed by atoms with E-state index in [4.69, 9.17) is 0 Å². The van der Waals surface area contributed by atoms with Crippen LogP contribution in [0.1, 0.15) is 15.9 Å². The van der Waals surface area contributed by atoms with E-state index in [1.165, 1.54) is 42.5 Å². The largest absolute Gasteiger partial charge is 0.508 e. The second kappa shape index (κ2) is 6.55. The molecule has 0 heterocycles. The first-order valence-electron chi connectivity index (χ1n) is 6.26. The molecule has 22 heavy (non-hydrogen) atoms. The molecule has 114 valence electrons. The molecule has 2 aromatic carbocycles. The predicted molar refractivity (Wildman–Crippen MR) is 77.2 cm³/mol. The molecule has 0 unspecified atom stereocenters. The number of hydrogen-bond acceptors (Lipinski definition) is 6. The van der Waals surface area contributed by atoms with Crippen molar-refractivity contribution in [2.75, 3.05) is 0 Å². The first kappa shape index (κ1) is 15.3. The van der Waals surface area contributed by atoms with Crippen LogP contribution >= 0.6 is 0 Å². The van der Waals surface area contributed by atoms with E-state index in [2.05, 4.69) is 10.9 Å². The summed E-state index contributed by atoms with van der Waals surface area (Å²) in [4.78, 5) is 21.9. The molecule has 8 heteroatoms. The van der Waals surface area contributed by atoms with Crippen molar-refractivity contribution in [2.45, 2.75) is 6.54 Å². The van der Waals surface area contributed by atoms with Crippen LogP contribution in [0.3, 0.4) is 0 Å². The van der Waals surface area contributed by atoms with Gasteiger partial charge in [-0.3, -0.25) is 20.3 Å². The van der Waals surface area contributed by atoms with Crippen LogP contribution in [0, 0.1) is 10.1 Å². The summed E-state index contributed by atoms with van der Waals surface area (Å²) in [6, 6.07) is 9.38. The van der Waals surface area contributed by atoms with Gasteiger partial charge >= 0.3 is 0 Å². The van der Waals surface area contributed by atoms with E-state index in [0.29, 0.717) is 0 Å². The molecule has 8 nitrogen and oxygen atoms in total. The highest BCUT2D eigenvalue weighted by molar-refractivity contribution is 5.94. The number of nitrogens with zero attached hydrogens (tertiary/aromatic N) is 1. The first-order valence-corrected chi connectivity index (χ1v) is 6.26. The molecule has 2 aromatic rings. The number of carbonyl (C=O) groups is 1. The lowest BCUT2D eigenvalue weighted by Crippen LogP contribution is -2.36. The van der Waals surface area contributed by atoms with Gasteiger partial charge in [-0.05, 0) is 24.3 Å². The van der Waals surface area contributed by atoms with Gasteiger partial charge in [0.1, 0.15) is 11.5 Å². The summed E-state index contributed by atoms with van der Waals surface area (Å²) in [5.74, 6) is -0.644. The molecule has 0 spiro atoms. The number of phenols is 2. The van der Waals surface area contributed by atoms with E-state index in [9.17, 15) is 25.1 Å². The second-order valence-electron chi connectivity index (χ2n) is 4.43. The molecule has 4 N–H and O–H groups in total. The number of hydrazine groups is 1. The molecule has 0 saturated heterocycles. The lowest BCUT2D eigenvalue weighted by molar-refractivity contribution is -0.384. The summed E-state index contributed by atoms with van der Waals surface area (Å²) in [6.45, 7) is -0.00192. The summed E-state index contributed by atoms with van der Waals surface area (Å²) in [7, 11) is 0. The summed E-state index contributed by atoms with van der Waals surface area (Å²) < 4.78 is 0. The Kier molecular flexibility index (Phi) is 4.54. The van der Waals surface area contributed by atoms with Crippen molar-refractivity contribution in [3.63, 3.8) is 0 Å². The van der Waals surface area contributed by atoms with Crippen LogP contribution in [-0.4, -0.2) is 21.0 Å². The van der Waals surface area contributed by atoms with Crippen molar-refractivity contribution < 1.29 is 19.9 Å². The number of hydrogen-bond donors (Lipinski definition) is 4. The van der Waals surface area contributed by atoms with Gasteiger partial charge < -0.3 is 10.2 Å². The van der Waals surface area contributed by atoms with Crippen LogP contribution in [0.15, 0.2) is 42.5 Å². The smallest absolute Gasteiger partial charge is 0.270 e. The summed E-state index contributed by atoms with van der Waals surface area (Å²) in [5.41, 5.74) is 5.29. The fourth-order valence-electron chi connectivity index (χ4n) is 1.77. The number of rotatable bonds is 5. The van der Waals surface area contributed by atoms with Gasteiger partial charge in [0.05, 0.1) is 4.92 Å². The zero-order valence-electron chi connectivity index (χ0n) is 11.3. The SMILES string of the molecule is O=C(NNCc1cc([N+](=O)[O-])ccc1O)c1cccc(O)c1. The fourth-order valence-corrected chi connectivity index (χ4v) is 1.77. The Bertz CT molecular complexity index is 717. The van der Waals surface area contributed by atoms with Crippen molar-refractivity contribution >= 4 is 11.6 Å². The molecule has 2 rings (SSSR count). The first-order chi connectivity index (χ1) is 10.5. The van der Waals surface area contributed by atoms with Gasteiger partial charge in [0, 0.05) is 29.8 Å². The van der Waals surface area contributed by atoms with E-state index < -0.39 is 10.8 Å². The maximum absolute atomic E-state index is 11.8. The highest BCUT2D eigenvalue weighted by Crippen LogP contribution is 2.22. The molecule has 0 aromatic heterocycles. The molecule has 0 bridgehead atoms. The molecular weight excluding hydrogens is 290 g/mol. The summed E-state index contributed by atoms with van der Waals surface area (Å²) in [5, 5.41) is 29.6. The van der Waals surface area contributed by atoms with Gasteiger partial charge in [-0.2, -0.15) is 0 Å². The van der Waals surface area contributed by atoms with E-state index >= 15 is 0 Å². The number of carbonyl (C=O) groups excluding carboxylic acids is 1. The van der Waals surface area contributed by atoms with Crippen LogP contribution in [0.2, 0.25) is 0 Å². The number of nitrogens with one attached hydrogen (secondary N) is 2. The Balaban J connectivity index is 1.98. The van der Waals surface area contributed by atoms with Crippen LogP contribution in [0.5, 0.6) is 11.5 Å². The van der Waals surface area contributed by atoms with Crippen molar-refractivity contribution in [3.8, 4) is 11.5 Å². The quantitative estimate of drug-likeness (QED) is 0.489. The monoisotopic (exact) mass is 303 g/mol. The maximum Gasteiger partial charge on any atom is 0.270 e. The number of phenolic OH excluding ortho intramolecular Hbond substituents is 2. The Morgan fingerprint density at radius 2 is 1.95 bits per heavy atom. The minimum Gasteiger partial charge on any atom is -0.508 e. The van der Waals surface area contributed by atoms with E-state index in [0.717, 1.165) is 0 Å². The predicted octanol–water partition coefficient (Wildman–Crippen LogP) is 1.44. The number of nitro benzene ring substituents is 1. The lowest BCUT2D eigenvalue weighted by Gasteiger charge is -2.09. The number of amides is 1. The third-order valence-corrected chi connectivity index (χ3v) is 2.86. The van der Waals surface area contributed by atoms with Gasteiger partial charge in [-0.25, -0.2) is 5.43 Å². The molecule has 0 radical (unpaired) electrons. The minimum atomic E-state index is -0.575. The Morgan fingerprint density at radius 1 is 1.18 bits per heavy atom. The van der Waals surface area contributed by atoms with Crippen molar-refractivity contribution in [2.24, 2.45) is 0 Å². The average Bonchev–Trinajstić information content (AvgIpc) is 2.48. The number of benzene rings is 2. The highest BCUT2D eigenvalue weighted by Gasteiger charge is 2.11. The van der Waals surface area contributed by atoms with Gasteiger partial charge in [-0.1, -0.05) is 6.07 Å². The Morgan fingerprint density at radius 3 is 2.64 bits per heavy atom. The number of non-ortho nitro benzene ring substituents is 1. The Labute approximate surface area is 125 Å². The average molecular weight is 303 g/mol. The topological polar surface area (TPSA) is 125 Å². The third-order valence-electron chi connectivity index (χ3n) is 2.86. The van der Waals surface area contributed by atoms with Gasteiger partial charge in [0.2, 0.25) is 0 Å². The van der Waals surface area contributed by atoms with Crippen molar-refractivity contribution in [1.82, 2.24) is 10.9 Å². The summed E-state index contributed by atoms with van der Waals surface area (Å²) >= 11 is 0. The normalized spacial score (nSPS) is 10.2. The standard InChI is InChI=1S/C14H13N3O5/c18-12-3-1-2-9(7-12)14(20)16-15-8-10-6-11(17(21)22)4-5-13(10)19/h1-7,15,18-19H,8H2,(H,16,20). The molecule has 0 saturated carbocycles. The van der Waals surface area contributed by atoms with E-state index in [1.807, 2.05) is 0 Å². The second-order valence-corrected chi connectivity index (χ2v) is 4.43. The number of aromatic hydroxyl groups is 2. The molecule has 1 amide bonds. The minimum absolute atomic E-state index is 0.00192. The lowest BCUT2D eigenvalue weighted by atomic mass is 10.2. The van der Waals surface area contributed by atoms with E-state index in [1.54, 1.807) is 0 Å². The molecule has 0 atom stereocenters. The highest BCUT2D eigenvalue weighted by atomic mass is 16.6. The van der Waals surface area contributed by atoms with Crippen LogP contribution < -0.4 is 10.9 Å². The van der Waals surface area contributed by atoms with Crippen LogP contribution in [0.25, 0.3) is 0 Å². The van der Waals surface area contributed by atoms with Gasteiger partial charge in [0.25, 0.3) is 11.6 Å². The number of nitro groups is 1. The molecular formula is C14H13N3O5. The van der Waals surface area contributed by atoms with Gasteiger partial charge in [-0.15, -0.1) is 0 Å². The molecule has 0 aliphatic rings. The Hall–Kier alpha value is -3.13. The molecule has 0 fully saturated rings. The van der Waals surface area contributed by atoms with Crippen molar-refractivity contribution in [1.29, 1.82) is 0 Å². The van der Waals surface area contributed by atoms with Crippen molar-refractivity contribution in [3.05, 3.63) is 63.7 Å². The maximum atomic E-state index is 11.8. The third kappa shape index (κ3) is 3.70. The fraction of sp³-hybridized carbons (Fsp3) is 0.0714. The molecule has 0 aliphatic heterocycles. The zero-order chi connectivity index (χ0) is 16.1. The van der Waals surface area contributed by atoms with Crippen LogP contribution in [-0.2, 0) is 6.54 Å². The molecule has 0 aliphatic carbocycles. The summed E-state index contributed by atoms with van der Waals surface area (Å²) in [6.07, 6.45) is 0. The van der Waals surface area contributed by atoms with Gasteiger partial charge in [0.15, 0.2) is 0 Å². The van der Waals surface area contributed by atoms with Crippen LogP contribution in [0.4, 0.5) is 5.69 Å².